The number of hydrogen-bond donors (Lipinski definition) is 0. The molecule has 0 N–H and O–H groups in total. The maximum Gasteiger partial charge on any atom is 0.333 e. The molecule has 0 radical (unpaired) electrons. The van der Waals surface area contributed by atoms with Gasteiger partial charge in [0.2, 0.25) is 0 Å². The average Bonchev–Trinajstić information content (AvgIpc) is 2.67. The summed E-state index contributed by atoms with van der Waals surface area (Å²) in [5.41, 5.74) is 1.84. The van der Waals surface area contributed by atoms with Crippen LogP contribution in [0, 0.1) is 0 Å². The Kier molecular flexibility index (Phi) is 5.47. The second kappa shape index (κ2) is 7.79. The molecule has 26 heavy (non-hydrogen) atoms. The lowest BCUT2D eigenvalue weighted by atomic mass is 9.92. The normalized spacial score (nSPS) is 17.2. The van der Waals surface area contributed by atoms with Crippen molar-refractivity contribution in [2.45, 2.75) is 25.5 Å². The number of hydrogen-bond acceptors (Lipinski definition) is 4. The van der Waals surface area contributed by atoms with E-state index in [0.29, 0.717) is 23.7 Å². The third-order valence-electron chi connectivity index (χ3n) is 4.48. The Bertz CT molecular complexity index is 823. The molecule has 3 rings (SSSR count). The number of carbonyl (C=O) groups is 2. The highest BCUT2D eigenvalue weighted by Crippen LogP contribution is 2.32. The van der Waals surface area contributed by atoms with Crippen LogP contribution >= 0.6 is 11.6 Å². The van der Waals surface area contributed by atoms with Gasteiger partial charge in [-0.2, -0.15) is 0 Å². The standard InChI is InChI=1S/C20H20ClNO4/c1-13(26-17-10-6-5-9-16(17)21)19(23)22-12-11-14-7-3-4-8-15(14)18(22)20(24)25-2/h3-10,13,18H,11-12H2,1-2H3. The molecule has 5 nitrogen and oxygen atoms in total. The third-order valence-corrected chi connectivity index (χ3v) is 4.79. The van der Waals surface area contributed by atoms with Crippen LogP contribution in [0.15, 0.2) is 48.5 Å². The fourth-order valence-electron chi connectivity index (χ4n) is 3.18. The van der Waals surface area contributed by atoms with Crippen LogP contribution in [0.2, 0.25) is 5.02 Å². The van der Waals surface area contributed by atoms with Gasteiger partial charge < -0.3 is 14.4 Å². The topological polar surface area (TPSA) is 55.8 Å². The van der Waals surface area contributed by atoms with Gasteiger partial charge in [0.05, 0.1) is 12.1 Å². The van der Waals surface area contributed by atoms with E-state index in [1.807, 2.05) is 24.3 Å². The Morgan fingerprint density at radius 3 is 2.58 bits per heavy atom. The monoisotopic (exact) mass is 373 g/mol. The first-order valence-electron chi connectivity index (χ1n) is 8.40. The number of nitrogens with zero attached hydrogens (tertiary/aromatic N) is 1. The van der Waals surface area contributed by atoms with E-state index in [1.165, 1.54) is 12.0 Å². The summed E-state index contributed by atoms with van der Waals surface area (Å²) in [4.78, 5) is 26.9. The lowest BCUT2D eigenvalue weighted by Gasteiger charge is -2.36. The highest BCUT2D eigenvalue weighted by Gasteiger charge is 2.38. The molecule has 136 valence electrons. The number of para-hydroxylation sites is 1. The van der Waals surface area contributed by atoms with Crippen LogP contribution in [-0.4, -0.2) is 36.5 Å². The second-order valence-corrected chi connectivity index (χ2v) is 6.50. The van der Waals surface area contributed by atoms with E-state index >= 15 is 0 Å². The highest BCUT2D eigenvalue weighted by molar-refractivity contribution is 6.32. The van der Waals surface area contributed by atoms with Gasteiger partial charge in [-0.3, -0.25) is 4.79 Å². The van der Waals surface area contributed by atoms with Gasteiger partial charge in [0.25, 0.3) is 5.91 Å². The second-order valence-electron chi connectivity index (χ2n) is 6.10. The van der Waals surface area contributed by atoms with E-state index in [0.717, 1.165) is 11.1 Å². The lowest BCUT2D eigenvalue weighted by Crippen LogP contribution is -2.48. The zero-order valence-electron chi connectivity index (χ0n) is 14.6. The van der Waals surface area contributed by atoms with Gasteiger partial charge in [-0.1, -0.05) is 48.0 Å². The maximum atomic E-state index is 13.0. The Morgan fingerprint density at radius 2 is 1.85 bits per heavy atom. The van der Waals surface area contributed by atoms with Crippen LogP contribution in [-0.2, 0) is 20.7 Å². The Hall–Kier alpha value is -2.53. The zero-order chi connectivity index (χ0) is 18.7. The quantitative estimate of drug-likeness (QED) is 0.771. The van der Waals surface area contributed by atoms with Gasteiger partial charge in [-0.25, -0.2) is 4.79 Å². The zero-order valence-corrected chi connectivity index (χ0v) is 15.4. The Morgan fingerprint density at radius 1 is 1.15 bits per heavy atom. The number of halogens is 1. The maximum absolute atomic E-state index is 13.0. The van der Waals surface area contributed by atoms with Gasteiger partial charge >= 0.3 is 5.97 Å². The fraction of sp³-hybridized carbons (Fsp3) is 0.300. The number of methoxy groups -OCH3 is 1. The first-order valence-corrected chi connectivity index (χ1v) is 8.78. The molecule has 2 aromatic carbocycles. The molecular formula is C20H20ClNO4. The average molecular weight is 374 g/mol. The van der Waals surface area contributed by atoms with E-state index in [2.05, 4.69) is 0 Å². The highest BCUT2D eigenvalue weighted by atomic mass is 35.5. The van der Waals surface area contributed by atoms with Gasteiger partial charge in [-0.15, -0.1) is 0 Å². The summed E-state index contributed by atoms with van der Waals surface area (Å²) in [7, 11) is 1.33. The van der Waals surface area contributed by atoms with Gasteiger partial charge in [0, 0.05) is 6.54 Å². The van der Waals surface area contributed by atoms with Gasteiger partial charge in [-0.05, 0) is 36.6 Å². The molecule has 2 unspecified atom stereocenters. The molecule has 1 amide bonds. The van der Waals surface area contributed by atoms with Crippen molar-refractivity contribution in [1.29, 1.82) is 0 Å². The van der Waals surface area contributed by atoms with E-state index in [9.17, 15) is 9.59 Å². The number of ether oxygens (including phenoxy) is 2. The molecule has 2 atom stereocenters. The summed E-state index contributed by atoms with van der Waals surface area (Å²) in [5, 5.41) is 0.431. The van der Waals surface area contributed by atoms with Crippen molar-refractivity contribution in [2.75, 3.05) is 13.7 Å². The van der Waals surface area contributed by atoms with Crippen molar-refractivity contribution in [2.24, 2.45) is 0 Å². The third kappa shape index (κ3) is 3.53. The molecule has 1 heterocycles. The van der Waals surface area contributed by atoms with Crippen LogP contribution in [0.3, 0.4) is 0 Å². The van der Waals surface area contributed by atoms with Crippen molar-refractivity contribution < 1.29 is 19.1 Å². The molecular weight excluding hydrogens is 354 g/mol. The van der Waals surface area contributed by atoms with Gasteiger partial charge in [0.15, 0.2) is 12.1 Å². The first kappa shape index (κ1) is 18.3. The molecule has 0 aromatic heterocycles. The molecule has 0 spiro atoms. The van der Waals surface area contributed by atoms with Crippen LogP contribution in [0.1, 0.15) is 24.1 Å². The fourth-order valence-corrected chi connectivity index (χ4v) is 3.36. The van der Waals surface area contributed by atoms with Gasteiger partial charge in [0.1, 0.15) is 5.75 Å². The number of benzene rings is 2. The number of fused-ring (bicyclic) bond motifs is 1. The minimum atomic E-state index is -0.785. The van der Waals surface area contributed by atoms with Crippen molar-refractivity contribution >= 4 is 23.5 Å². The van der Waals surface area contributed by atoms with E-state index in [1.54, 1.807) is 31.2 Å². The molecule has 1 aliphatic heterocycles. The molecule has 1 aliphatic rings. The van der Waals surface area contributed by atoms with E-state index in [4.69, 9.17) is 21.1 Å². The van der Waals surface area contributed by atoms with Crippen molar-refractivity contribution in [3.63, 3.8) is 0 Å². The molecule has 0 aliphatic carbocycles. The van der Waals surface area contributed by atoms with Crippen molar-refractivity contribution in [3.05, 3.63) is 64.7 Å². The van der Waals surface area contributed by atoms with Crippen LogP contribution < -0.4 is 4.74 Å². The molecule has 0 bridgehead atoms. The molecule has 0 saturated carbocycles. The minimum absolute atomic E-state index is 0.283. The summed E-state index contributed by atoms with van der Waals surface area (Å²) >= 11 is 6.10. The molecule has 6 heteroatoms. The number of rotatable bonds is 4. The summed E-state index contributed by atoms with van der Waals surface area (Å²) in [6, 6.07) is 13.8. The largest absolute Gasteiger partial charge is 0.479 e. The summed E-state index contributed by atoms with van der Waals surface area (Å²) in [6.07, 6.45) is -0.110. The van der Waals surface area contributed by atoms with Crippen molar-refractivity contribution in [3.8, 4) is 5.75 Å². The molecule has 0 fully saturated rings. The first-order chi connectivity index (χ1) is 12.5. The van der Waals surface area contributed by atoms with Crippen LogP contribution in [0.5, 0.6) is 5.75 Å². The number of carbonyl (C=O) groups excluding carboxylic acids is 2. The summed E-state index contributed by atoms with van der Waals surface area (Å²) < 4.78 is 10.7. The van der Waals surface area contributed by atoms with Crippen LogP contribution in [0.4, 0.5) is 0 Å². The molecule has 0 saturated heterocycles. The number of amides is 1. The minimum Gasteiger partial charge on any atom is -0.479 e. The smallest absolute Gasteiger partial charge is 0.333 e. The van der Waals surface area contributed by atoms with E-state index in [-0.39, 0.29) is 5.91 Å². The SMILES string of the molecule is COC(=O)C1c2ccccc2CCN1C(=O)C(C)Oc1ccccc1Cl. The lowest BCUT2D eigenvalue weighted by molar-refractivity contribution is -0.156. The number of esters is 1. The Labute approximate surface area is 157 Å². The predicted octanol–water partition coefficient (Wildman–Crippen LogP) is 3.41. The summed E-state index contributed by atoms with van der Waals surface area (Å²) in [6.45, 7) is 2.08. The Balaban J connectivity index is 1.85. The van der Waals surface area contributed by atoms with Crippen LogP contribution in [0.25, 0.3) is 0 Å². The summed E-state index contributed by atoms with van der Waals surface area (Å²) in [5.74, 6) is -0.313. The predicted molar refractivity (Wildman–Crippen MR) is 98.2 cm³/mol. The molecule has 2 aromatic rings. The van der Waals surface area contributed by atoms with E-state index < -0.39 is 18.1 Å². The van der Waals surface area contributed by atoms with Crippen molar-refractivity contribution in [1.82, 2.24) is 4.90 Å².